The maximum atomic E-state index is 12.0. The van der Waals surface area contributed by atoms with E-state index in [2.05, 4.69) is 10.3 Å². The van der Waals surface area contributed by atoms with Crippen molar-refractivity contribution in [3.8, 4) is 5.75 Å². The van der Waals surface area contributed by atoms with E-state index in [0.29, 0.717) is 10.8 Å². The number of aromatic nitrogens is 1. The van der Waals surface area contributed by atoms with Gasteiger partial charge in [0.1, 0.15) is 10.8 Å². The molecule has 0 atom stereocenters. The molecule has 0 saturated carbocycles. The number of methoxy groups -OCH3 is 1. The third kappa shape index (κ3) is 3.33. The lowest BCUT2D eigenvalue weighted by atomic mass is 10.3. The van der Waals surface area contributed by atoms with Gasteiger partial charge in [0.25, 0.3) is 0 Å². The molecule has 2 rings (SSSR count). The van der Waals surface area contributed by atoms with E-state index >= 15 is 0 Å². The number of halogens is 3. The van der Waals surface area contributed by atoms with Crippen molar-refractivity contribution in [2.45, 2.75) is 12.7 Å². The van der Waals surface area contributed by atoms with Gasteiger partial charge in [0, 0.05) is 6.54 Å². The Labute approximate surface area is 106 Å². The van der Waals surface area contributed by atoms with Crippen LogP contribution in [0.5, 0.6) is 5.75 Å². The molecule has 0 aliphatic carbocycles. The normalized spacial score (nSPS) is 12.0. The summed E-state index contributed by atoms with van der Waals surface area (Å²) in [4.78, 5) is 4.24. The zero-order chi connectivity index (χ0) is 13.2. The highest BCUT2D eigenvalue weighted by molar-refractivity contribution is 7.18. The van der Waals surface area contributed by atoms with Crippen LogP contribution in [0.25, 0.3) is 10.2 Å². The molecule has 0 unspecified atom stereocenters. The summed E-state index contributed by atoms with van der Waals surface area (Å²) in [6.45, 7) is -0.895. The quantitative estimate of drug-likeness (QED) is 0.932. The fraction of sp³-hybridized carbons (Fsp3) is 0.364. The molecule has 7 heteroatoms. The Balaban J connectivity index is 2.06. The van der Waals surface area contributed by atoms with Crippen molar-refractivity contribution < 1.29 is 17.9 Å². The number of fused-ring (bicyclic) bond motifs is 1. The third-order valence-electron chi connectivity index (χ3n) is 2.24. The molecule has 1 aromatic heterocycles. The minimum atomic E-state index is -4.19. The average Bonchev–Trinajstić information content (AvgIpc) is 2.68. The van der Waals surface area contributed by atoms with Crippen LogP contribution in [-0.4, -0.2) is 24.8 Å². The standard InChI is InChI=1S/C11H11F3N2OS/c1-17-7-2-3-8-9(4-7)18-10(16-8)5-15-6-11(12,13)14/h2-4,15H,5-6H2,1H3. The Hall–Kier alpha value is -1.34. The number of alkyl halides is 3. The molecule has 18 heavy (non-hydrogen) atoms. The van der Waals surface area contributed by atoms with E-state index in [1.54, 1.807) is 19.2 Å². The lowest BCUT2D eigenvalue weighted by molar-refractivity contribution is -0.125. The van der Waals surface area contributed by atoms with Crippen LogP contribution in [0.3, 0.4) is 0 Å². The first-order valence-corrected chi connectivity index (χ1v) is 6.00. The molecule has 0 aliphatic rings. The highest BCUT2D eigenvalue weighted by Crippen LogP contribution is 2.26. The summed E-state index contributed by atoms with van der Waals surface area (Å²) in [6, 6.07) is 5.38. The minimum absolute atomic E-state index is 0.112. The molecule has 1 N–H and O–H groups in total. The molecule has 1 aromatic carbocycles. The number of ether oxygens (including phenoxy) is 1. The molecule has 0 amide bonds. The molecular formula is C11H11F3N2OS. The van der Waals surface area contributed by atoms with Crippen LogP contribution in [0, 0.1) is 0 Å². The number of benzene rings is 1. The van der Waals surface area contributed by atoms with Crippen molar-refractivity contribution >= 4 is 21.6 Å². The topological polar surface area (TPSA) is 34.1 Å². The summed E-state index contributed by atoms with van der Waals surface area (Å²) < 4.78 is 41.9. The summed E-state index contributed by atoms with van der Waals surface area (Å²) in [5.74, 6) is 0.709. The summed E-state index contributed by atoms with van der Waals surface area (Å²) in [5.41, 5.74) is 0.768. The Morgan fingerprint density at radius 1 is 1.39 bits per heavy atom. The van der Waals surface area contributed by atoms with Gasteiger partial charge in [0.15, 0.2) is 0 Å². The lowest BCUT2D eigenvalue weighted by Gasteiger charge is -2.05. The number of hydrogen-bond donors (Lipinski definition) is 1. The Bertz CT molecular complexity index is 539. The van der Waals surface area contributed by atoms with Gasteiger partial charge in [-0.05, 0) is 18.2 Å². The third-order valence-corrected chi connectivity index (χ3v) is 3.26. The van der Waals surface area contributed by atoms with Gasteiger partial charge in [-0.3, -0.25) is 0 Å². The number of rotatable bonds is 4. The molecule has 2 aromatic rings. The second kappa shape index (κ2) is 5.11. The molecule has 0 bridgehead atoms. The van der Waals surface area contributed by atoms with E-state index in [0.717, 1.165) is 10.2 Å². The Morgan fingerprint density at radius 2 is 2.17 bits per heavy atom. The molecule has 3 nitrogen and oxygen atoms in total. The van der Waals surface area contributed by atoms with E-state index in [1.807, 2.05) is 6.07 Å². The Morgan fingerprint density at radius 3 is 2.83 bits per heavy atom. The van der Waals surface area contributed by atoms with E-state index in [-0.39, 0.29) is 6.54 Å². The van der Waals surface area contributed by atoms with Crippen LogP contribution >= 0.6 is 11.3 Å². The number of hydrogen-bond acceptors (Lipinski definition) is 4. The second-order valence-corrected chi connectivity index (χ2v) is 4.78. The van der Waals surface area contributed by atoms with Crippen molar-refractivity contribution in [1.82, 2.24) is 10.3 Å². The molecule has 98 valence electrons. The molecule has 1 heterocycles. The summed E-state index contributed by atoms with van der Waals surface area (Å²) in [6.07, 6.45) is -4.19. The highest BCUT2D eigenvalue weighted by Gasteiger charge is 2.26. The van der Waals surface area contributed by atoms with Crippen LogP contribution in [0.2, 0.25) is 0 Å². The van der Waals surface area contributed by atoms with Gasteiger partial charge in [-0.25, -0.2) is 4.98 Å². The van der Waals surface area contributed by atoms with Crippen LogP contribution in [-0.2, 0) is 6.54 Å². The van der Waals surface area contributed by atoms with Crippen LogP contribution in [0.4, 0.5) is 13.2 Å². The molecule has 0 spiro atoms. The molecule has 0 aliphatic heterocycles. The summed E-state index contributed by atoms with van der Waals surface area (Å²) in [5, 5.41) is 2.95. The van der Waals surface area contributed by atoms with Gasteiger partial charge in [0.05, 0.1) is 23.9 Å². The fourth-order valence-electron chi connectivity index (χ4n) is 1.47. The van der Waals surface area contributed by atoms with Gasteiger partial charge in [-0.1, -0.05) is 0 Å². The van der Waals surface area contributed by atoms with Crippen molar-refractivity contribution in [2.75, 3.05) is 13.7 Å². The Kier molecular flexibility index (Phi) is 3.72. The van der Waals surface area contributed by atoms with Gasteiger partial charge < -0.3 is 10.1 Å². The van der Waals surface area contributed by atoms with Gasteiger partial charge in [0.2, 0.25) is 0 Å². The number of thiazole rings is 1. The SMILES string of the molecule is COc1ccc2nc(CNCC(F)(F)F)sc2c1. The van der Waals surface area contributed by atoms with Crippen molar-refractivity contribution in [2.24, 2.45) is 0 Å². The van der Waals surface area contributed by atoms with Crippen LogP contribution in [0.15, 0.2) is 18.2 Å². The van der Waals surface area contributed by atoms with Crippen LogP contribution in [0.1, 0.15) is 5.01 Å². The molecule has 0 saturated heterocycles. The van der Waals surface area contributed by atoms with Gasteiger partial charge >= 0.3 is 6.18 Å². The van der Waals surface area contributed by atoms with E-state index < -0.39 is 12.7 Å². The van der Waals surface area contributed by atoms with E-state index in [4.69, 9.17) is 4.74 Å². The van der Waals surface area contributed by atoms with Crippen molar-refractivity contribution in [1.29, 1.82) is 0 Å². The van der Waals surface area contributed by atoms with Crippen molar-refractivity contribution in [3.63, 3.8) is 0 Å². The monoisotopic (exact) mass is 276 g/mol. The molecule has 0 radical (unpaired) electrons. The zero-order valence-corrected chi connectivity index (χ0v) is 10.4. The largest absolute Gasteiger partial charge is 0.497 e. The van der Waals surface area contributed by atoms with Gasteiger partial charge in [-0.15, -0.1) is 11.3 Å². The smallest absolute Gasteiger partial charge is 0.401 e. The molecular weight excluding hydrogens is 265 g/mol. The minimum Gasteiger partial charge on any atom is -0.497 e. The first-order chi connectivity index (χ1) is 8.48. The predicted molar refractivity (Wildman–Crippen MR) is 63.9 cm³/mol. The maximum Gasteiger partial charge on any atom is 0.401 e. The average molecular weight is 276 g/mol. The predicted octanol–water partition coefficient (Wildman–Crippen LogP) is 2.96. The fourth-order valence-corrected chi connectivity index (χ4v) is 2.43. The maximum absolute atomic E-state index is 12.0. The van der Waals surface area contributed by atoms with Gasteiger partial charge in [-0.2, -0.15) is 13.2 Å². The summed E-state index contributed by atoms with van der Waals surface area (Å²) in [7, 11) is 1.56. The summed E-state index contributed by atoms with van der Waals surface area (Å²) >= 11 is 1.36. The van der Waals surface area contributed by atoms with E-state index in [1.165, 1.54) is 11.3 Å². The lowest BCUT2D eigenvalue weighted by Crippen LogP contribution is -2.28. The first kappa shape index (κ1) is 13.1. The zero-order valence-electron chi connectivity index (χ0n) is 9.54. The van der Waals surface area contributed by atoms with E-state index in [9.17, 15) is 13.2 Å². The number of nitrogens with one attached hydrogen (secondary N) is 1. The second-order valence-electron chi connectivity index (χ2n) is 3.66. The molecule has 0 fully saturated rings. The first-order valence-electron chi connectivity index (χ1n) is 5.19. The highest BCUT2D eigenvalue weighted by atomic mass is 32.1. The van der Waals surface area contributed by atoms with Crippen LogP contribution < -0.4 is 10.1 Å². The number of nitrogens with zero attached hydrogens (tertiary/aromatic N) is 1. The van der Waals surface area contributed by atoms with Crippen molar-refractivity contribution in [3.05, 3.63) is 23.2 Å².